The molecule has 0 aliphatic carbocycles. The Labute approximate surface area is 156 Å². The number of ether oxygens (including phenoxy) is 1. The summed E-state index contributed by atoms with van der Waals surface area (Å²) in [6, 6.07) is 4.24. The van der Waals surface area contributed by atoms with Crippen molar-refractivity contribution in [3.05, 3.63) is 35.5 Å². The molecule has 1 aromatic heterocycles. The number of nitrogens with zero attached hydrogens (tertiary/aromatic N) is 2. The van der Waals surface area contributed by atoms with Gasteiger partial charge in [-0.15, -0.1) is 12.4 Å². The smallest absolute Gasteiger partial charge is 0.249 e. The SMILES string of the molecule is Cc1ccc(-c2noc(C(C)NC(=O)[C@@H]3CC[C@H](CN)O3)n2)cc1F.Cl. The molecule has 3 rings (SSSR count). The number of nitrogens with two attached hydrogens (primary N) is 1. The van der Waals surface area contributed by atoms with Crippen molar-refractivity contribution in [1.82, 2.24) is 15.5 Å². The Morgan fingerprint density at radius 3 is 2.88 bits per heavy atom. The summed E-state index contributed by atoms with van der Waals surface area (Å²) in [6.45, 7) is 3.82. The molecule has 0 radical (unpaired) electrons. The van der Waals surface area contributed by atoms with Crippen LogP contribution in [0.25, 0.3) is 11.4 Å². The number of carbonyl (C=O) groups excluding carboxylic acids is 1. The van der Waals surface area contributed by atoms with Gasteiger partial charge in [-0.25, -0.2) is 4.39 Å². The quantitative estimate of drug-likeness (QED) is 0.819. The number of hydrogen-bond acceptors (Lipinski definition) is 6. The molecule has 2 aromatic rings. The normalized spacial score (nSPS) is 20.5. The van der Waals surface area contributed by atoms with Gasteiger partial charge in [0.2, 0.25) is 17.6 Å². The lowest BCUT2D eigenvalue weighted by Gasteiger charge is -2.15. The Balaban J connectivity index is 0.00000243. The molecule has 1 amide bonds. The Morgan fingerprint density at radius 1 is 1.46 bits per heavy atom. The van der Waals surface area contributed by atoms with Gasteiger partial charge in [-0.2, -0.15) is 4.98 Å². The van der Waals surface area contributed by atoms with Crippen molar-refractivity contribution in [2.75, 3.05) is 6.54 Å². The maximum Gasteiger partial charge on any atom is 0.249 e. The number of halogens is 2. The highest BCUT2D eigenvalue weighted by Crippen LogP contribution is 2.22. The van der Waals surface area contributed by atoms with E-state index in [0.29, 0.717) is 24.1 Å². The van der Waals surface area contributed by atoms with E-state index in [1.807, 2.05) is 0 Å². The second-order valence-electron chi connectivity index (χ2n) is 6.21. The minimum Gasteiger partial charge on any atom is -0.364 e. The predicted octanol–water partition coefficient (Wildman–Crippen LogP) is 2.29. The van der Waals surface area contributed by atoms with Gasteiger partial charge in [-0.05, 0) is 38.3 Å². The van der Waals surface area contributed by atoms with Gasteiger partial charge in [0.15, 0.2) is 0 Å². The maximum absolute atomic E-state index is 13.7. The summed E-state index contributed by atoms with van der Waals surface area (Å²) in [7, 11) is 0. The van der Waals surface area contributed by atoms with Crippen molar-refractivity contribution in [1.29, 1.82) is 0 Å². The largest absolute Gasteiger partial charge is 0.364 e. The summed E-state index contributed by atoms with van der Waals surface area (Å²) in [4.78, 5) is 16.5. The summed E-state index contributed by atoms with van der Waals surface area (Å²) in [5, 5.41) is 6.65. The maximum atomic E-state index is 13.7. The number of rotatable bonds is 5. The van der Waals surface area contributed by atoms with Crippen LogP contribution in [0.2, 0.25) is 0 Å². The van der Waals surface area contributed by atoms with Gasteiger partial charge < -0.3 is 20.3 Å². The van der Waals surface area contributed by atoms with E-state index in [1.165, 1.54) is 6.07 Å². The van der Waals surface area contributed by atoms with Gasteiger partial charge in [0, 0.05) is 12.1 Å². The number of aryl methyl sites for hydroxylation is 1. The topological polar surface area (TPSA) is 103 Å². The number of aromatic nitrogens is 2. The fourth-order valence-corrected chi connectivity index (χ4v) is 2.70. The molecule has 2 heterocycles. The zero-order valence-corrected chi connectivity index (χ0v) is 15.4. The highest BCUT2D eigenvalue weighted by molar-refractivity contribution is 5.85. The molecular formula is C17H22ClFN4O3. The van der Waals surface area contributed by atoms with Crippen molar-refractivity contribution < 1.29 is 18.4 Å². The monoisotopic (exact) mass is 384 g/mol. The summed E-state index contributed by atoms with van der Waals surface area (Å²) < 4.78 is 24.4. The molecule has 0 bridgehead atoms. The Morgan fingerprint density at radius 2 is 2.23 bits per heavy atom. The van der Waals surface area contributed by atoms with E-state index in [4.69, 9.17) is 15.0 Å². The van der Waals surface area contributed by atoms with Crippen LogP contribution < -0.4 is 11.1 Å². The van der Waals surface area contributed by atoms with Crippen LogP contribution in [0.1, 0.15) is 37.3 Å². The van der Waals surface area contributed by atoms with Crippen LogP contribution in [0.3, 0.4) is 0 Å². The lowest BCUT2D eigenvalue weighted by molar-refractivity contribution is -0.132. The standard InChI is InChI=1S/C17H21FN4O3.ClH/c1-9-3-4-11(7-13(9)18)15-21-17(25-22-15)10(2)20-16(23)14-6-5-12(8-19)24-14;/h3-4,7,10,12,14H,5-6,8,19H2,1-2H3,(H,20,23);1H/t10?,12-,14+;/m1./s1. The zero-order chi connectivity index (χ0) is 18.0. The van der Waals surface area contributed by atoms with Crippen LogP contribution in [-0.4, -0.2) is 34.8 Å². The third kappa shape index (κ3) is 4.38. The molecule has 1 unspecified atom stereocenters. The summed E-state index contributed by atoms with van der Waals surface area (Å²) in [5.74, 6) is -0.0457. The molecule has 1 aliphatic heterocycles. The summed E-state index contributed by atoms with van der Waals surface area (Å²) in [6.07, 6.45) is 0.826. The van der Waals surface area contributed by atoms with Crippen molar-refractivity contribution in [3.63, 3.8) is 0 Å². The Hall–Kier alpha value is -2.03. The van der Waals surface area contributed by atoms with Crippen LogP contribution >= 0.6 is 12.4 Å². The lowest BCUT2D eigenvalue weighted by Crippen LogP contribution is -2.37. The van der Waals surface area contributed by atoms with Crippen LogP contribution in [0.15, 0.2) is 22.7 Å². The minimum atomic E-state index is -0.510. The van der Waals surface area contributed by atoms with E-state index in [9.17, 15) is 9.18 Å². The number of benzene rings is 1. The van der Waals surface area contributed by atoms with E-state index >= 15 is 0 Å². The number of hydrogen-bond donors (Lipinski definition) is 2. The summed E-state index contributed by atoms with van der Waals surface area (Å²) >= 11 is 0. The summed E-state index contributed by atoms with van der Waals surface area (Å²) in [5.41, 5.74) is 6.61. The molecule has 1 aromatic carbocycles. The molecule has 0 saturated carbocycles. The van der Waals surface area contributed by atoms with E-state index in [1.54, 1.807) is 26.0 Å². The molecule has 3 atom stereocenters. The van der Waals surface area contributed by atoms with Gasteiger partial charge in [-0.3, -0.25) is 4.79 Å². The van der Waals surface area contributed by atoms with Crippen molar-refractivity contribution >= 4 is 18.3 Å². The first-order chi connectivity index (χ1) is 12.0. The van der Waals surface area contributed by atoms with Gasteiger partial charge in [0.05, 0.1) is 6.10 Å². The fourth-order valence-electron chi connectivity index (χ4n) is 2.70. The molecule has 0 spiro atoms. The Kier molecular flexibility index (Phi) is 6.69. The zero-order valence-electron chi connectivity index (χ0n) is 14.6. The molecular weight excluding hydrogens is 363 g/mol. The third-order valence-corrected chi connectivity index (χ3v) is 4.26. The molecule has 142 valence electrons. The third-order valence-electron chi connectivity index (χ3n) is 4.26. The molecule has 26 heavy (non-hydrogen) atoms. The van der Waals surface area contributed by atoms with Gasteiger partial charge >= 0.3 is 0 Å². The number of nitrogens with one attached hydrogen (secondary N) is 1. The molecule has 1 aliphatic rings. The molecule has 7 nitrogen and oxygen atoms in total. The van der Waals surface area contributed by atoms with Gasteiger partial charge in [-0.1, -0.05) is 17.3 Å². The van der Waals surface area contributed by atoms with Crippen molar-refractivity contribution in [3.8, 4) is 11.4 Å². The van der Waals surface area contributed by atoms with Crippen molar-refractivity contribution in [2.24, 2.45) is 5.73 Å². The van der Waals surface area contributed by atoms with Crippen molar-refractivity contribution in [2.45, 2.75) is 44.9 Å². The lowest BCUT2D eigenvalue weighted by atomic mass is 10.1. The molecule has 3 N–H and O–H groups in total. The van der Waals surface area contributed by atoms with Crippen LogP contribution in [0.4, 0.5) is 4.39 Å². The molecule has 1 saturated heterocycles. The van der Waals surface area contributed by atoms with E-state index in [-0.39, 0.29) is 42.0 Å². The van der Waals surface area contributed by atoms with Gasteiger partial charge in [0.25, 0.3) is 0 Å². The average molecular weight is 385 g/mol. The van der Waals surface area contributed by atoms with E-state index < -0.39 is 12.1 Å². The van der Waals surface area contributed by atoms with E-state index in [0.717, 1.165) is 6.42 Å². The Bertz CT molecular complexity index is 770. The molecule has 1 fully saturated rings. The minimum absolute atomic E-state index is 0. The predicted molar refractivity (Wildman–Crippen MR) is 95.2 cm³/mol. The molecule has 9 heteroatoms. The van der Waals surface area contributed by atoms with E-state index in [2.05, 4.69) is 15.5 Å². The number of amides is 1. The highest BCUT2D eigenvalue weighted by Gasteiger charge is 2.31. The first-order valence-electron chi connectivity index (χ1n) is 8.24. The van der Waals surface area contributed by atoms with Crippen LogP contribution in [0.5, 0.6) is 0 Å². The number of carbonyl (C=O) groups is 1. The second-order valence-corrected chi connectivity index (χ2v) is 6.21. The highest BCUT2D eigenvalue weighted by atomic mass is 35.5. The second kappa shape index (κ2) is 8.57. The van der Waals surface area contributed by atoms with Crippen LogP contribution in [0, 0.1) is 12.7 Å². The average Bonchev–Trinajstić information content (AvgIpc) is 3.26. The van der Waals surface area contributed by atoms with Gasteiger partial charge in [0.1, 0.15) is 18.0 Å². The first kappa shape index (κ1) is 20.3. The van der Waals surface area contributed by atoms with Crippen LogP contribution in [-0.2, 0) is 9.53 Å². The first-order valence-corrected chi connectivity index (χ1v) is 8.24. The fraction of sp³-hybridized carbons (Fsp3) is 0.471.